The first-order valence-corrected chi connectivity index (χ1v) is 9.33. The van der Waals surface area contributed by atoms with Crippen LogP contribution in [0.3, 0.4) is 0 Å². The summed E-state index contributed by atoms with van der Waals surface area (Å²) in [6.07, 6.45) is 0. The molecule has 0 nitrogen and oxygen atoms in total. The molecule has 3 rings (SSSR count). The van der Waals surface area contributed by atoms with Gasteiger partial charge >= 0.3 is 0 Å². The smallest absolute Gasteiger partial charge is 0.0176 e. The monoisotopic (exact) mass is 510 g/mol. The highest BCUT2D eigenvalue weighted by Crippen LogP contribution is 2.29. The minimum atomic E-state index is 1.26. The zero-order chi connectivity index (χ0) is 15.7. The van der Waals surface area contributed by atoms with Crippen LogP contribution < -0.4 is 0 Å². The fourth-order valence-corrected chi connectivity index (χ4v) is 4.18. The summed E-state index contributed by atoms with van der Waals surface area (Å²) in [7, 11) is 0. The van der Waals surface area contributed by atoms with Crippen molar-refractivity contribution in [1.29, 1.82) is 0 Å². The highest BCUT2D eigenvalue weighted by molar-refractivity contribution is 14.1. The minimum Gasteiger partial charge on any atom is -0.0587 e. The van der Waals surface area contributed by atoms with Gasteiger partial charge in [-0.15, -0.1) is 0 Å². The maximum atomic E-state index is 2.42. The summed E-state index contributed by atoms with van der Waals surface area (Å²) in [5.74, 6) is 0. The number of aryl methyl sites for hydroxylation is 1. The van der Waals surface area contributed by atoms with Crippen molar-refractivity contribution in [3.63, 3.8) is 0 Å². The van der Waals surface area contributed by atoms with Crippen molar-refractivity contribution in [3.8, 4) is 22.3 Å². The van der Waals surface area contributed by atoms with Crippen molar-refractivity contribution in [2.75, 3.05) is 0 Å². The van der Waals surface area contributed by atoms with Crippen LogP contribution in [-0.4, -0.2) is 0 Å². The van der Waals surface area contributed by atoms with E-state index < -0.39 is 0 Å². The highest BCUT2D eigenvalue weighted by Gasteiger charge is 2.06. The summed E-state index contributed by atoms with van der Waals surface area (Å²) in [6, 6.07) is 22.1. The first-order valence-electron chi connectivity index (χ1n) is 7.18. The molecule has 0 atom stereocenters. The van der Waals surface area contributed by atoms with E-state index in [-0.39, 0.29) is 0 Å². The second-order valence-electron chi connectivity index (χ2n) is 5.51. The number of halogens is 2. The fraction of sp³-hybridized carbons (Fsp3) is 0.100. The Kier molecular flexibility index (Phi) is 4.88. The van der Waals surface area contributed by atoms with E-state index in [1.165, 1.54) is 40.5 Å². The average molecular weight is 510 g/mol. The predicted octanol–water partition coefficient (Wildman–Crippen LogP) is 6.85. The molecule has 3 aromatic carbocycles. The molecule has 2 heteroatoms. The van der Waals surface area contributed by atoms with Crippen molar-refractivity contribution >= 4 is 45.2 Å². The molecule has 0 spiro atoms. The zero-order valence-corrected chi connectivity index (χ0v) is 16.8. The molecule has 0 unspecified atom stereocenters. The molecule has 0 bridgehead atoms. The number of benzene rings is 3. The van der Waals surface area contributed by atoms with Crippen LogP contribution in [-0.2, 0) is 0 Å². The van der Waals surface area contributed by atoms with Gasteiger partial charge in [0.05, 0.1) is 0 Å². The molecule has 0 N–H and O–H groups in total. The maximum absolute atomic E-state index is 2.42. The van der Waals surface area contributed by atoms with Gasteiger partial charge in [0.1, 0.15) is 0 Å². The van der Waals surface area contributed by atoms with Crippen LogP contribution in [0, 0.1) is 21.0 Å². The van der Waals surface area contributed by atoms with E-state index in [1.807, 2.05) is 0 Å². The van der Waals surface area contributed by atoms with Crippen molar-refractivity contribution < 1.29 is 0 Å². The molecule has 0 saturated carbocycles. The van der Waals surface area contributed by atoms with Gasteiger partial charge in [0, 0.05) is 7.14 Å². The summed E-state index contributed by atoms with van der Waals surface area (Å²) in [4.78, 5) is 0. The van der Waals surface area contributed by atoms with Gasteiger partial charge < -0.3 is 0 Å². The summed E-state index contributed by atoms with van der Waals surface area (Å²) in [5, 5.41) is 0. The van der Waals surface area contributed by atoms with Gasteiger partial charge in [-0.2, -0.15) is 0 Å². The molecular weight excluding hydrogens is 494 g/mol. The second-order valence-corrected chi connectivity index (χ2v) is 7.83. The van der Waals surface area contributed by atoms with Crippen LogP contribution in [0.1, 0.15) is 11.1 Å². The lowest BCUT2D eigenvalue weighted by molar-refractivity contribution is 1.39. The lowest BCUT2D eigenvalue weighted by Crippen LogP contribution is -1.88. The van der Waals surface area contributed by atoms with Crippen molar-refractivity contribution in [2.24, 2.45) is 0 Å². The molecule has 22 heavy (non-hydrogen) atoms. The summed E-state index contributed by atoms with van der Waals surface area (Å²) >= 11 is 4.83. The lowest BCUT2D eigenvalue weighted by Gasteiger charge is -2.09. The van der Waals surface area contributed by atoms with E-state index in [9.17, 15) is 0 Å². The van der Waals surface area contributed by atoms with Crippen LogP contribution in [0.4, 0.5) is 0 Å². The quantitative estimate of drug-likeness (QED) is 0.331. The van der Waals surface area contributed by atoms with Crippen molar-refractivity contribution in [2.45, 2.75) is 13.8 Å². The molecule has 3 aromatic rings. The molecule has 0 aliphatic rings. The van der Waals surface area contributed by atoms with Gasteiger partial charge in [0.2, 0.25) is 0 Å². The third-order valence-electron chi connectivity index (χ3n) is 3.88. The normalized spacial score (nSPS) is 10.7. The molecule has 0 aliphatic heterocycles. The molecule has 0 aliphatic carbocycles. The third kappa shape index (κ3) is 3.38. The van der Waals surface area contributed by atoms with E-state index in [0.717, 1.165) is 0 Å². The van der Waals surface area contributed by atoms with E-state index >= 15 is 0 Å². The van der Waals surface area contributed by atoms with Crippen LogP contribution in [0.5, 0.6) is 0 Å². The summed E-state index contributed by atoms with van der Waals surface area (Å²) < 4.78 is 2.64. The van der Waals surface area contributed by atoms with Gasteiger partial charge in [-0.05, 0) is 99.0 Å². The van der Waals surface area contributed by atoms with Gasteiger partial charge in [-0.1, -0.05) is 54.1 Å². The maximum Gasteiger partial charge on any atom is 0.0176 e. The highest BCUT2D eigenvalue weighted by atomic mass is 127. The third-order valence-corrected chi connectivity index (χ3v) is 6.13. The van der Waals surface area contributed by atoms with Crippen LogP contribution in [0.25, 0.3) is 22.3 Å². The molecule has 0 radical (unpaired) electrons. The number of hydrogen-bond acceptors (Lipinski definition) is 0. The van der Waals surface area contributed by atoms with Gasteiger partial charge in [-0.25, -0.2) is 0 Å². The first kappa shape index (κ1) is 16.0. The van der Waals surface area contributed by atoms with Gasteiger partial charge in [-0.3, -0.25) is 0 Å². The molecular formula is C20H16I2. The summed E-state index contributed by atoms with van der Waals surface area (Å²) in [5.41, 5.74) is 7.75. The lowest BCUT2D eigenvalue weighted by atomic mass is 9.99. The Hall–Kier alpha value is -0.880. The predicted molar refractivity (Wildman–Crippen MR) is 112 cm³/mol. The van der Waals surface area contributed by atoms with Gasteiger partial charge in [0.15, 0.2) is 0 Å². The number of rotatable bonds is 2. The minimum absolute atomic E-state index is 1.26. The van der Waals surface area contributed by atoms with Crippen molar-refractivity contribution in [3.05, 3.63) is 78.9 Å². The summed E-state index contributed by atoms with van der Waals surface area (Å²) in [6.45, 7) is 4.29. The van der Waals surface area contributed by atoms with E-state index in [2.05, 4.69) is 120 Å². The second kappa shape index (κ2) is 6.71. The Morgan fingerprint density at radius 3 is 1.36 bits per heavy atom. The Bertz CT molecular complexity index is 777. The molecule has 0 aromatic heterocycles. The zero-order valence-electron chi connectivity index (χ0n) is 12.5. The van der Waals surface area contributed by atoms with Gasteiger partial charge in [0.25, 0.3) is 0 Å². The Balaban J connectivity index is 1.96. The molecule has 0 fully saturated rings. The Morgan fingerprint density at radius 2 is 0.909 bits per heavy atom. The standard InChI is InChI=1S/C20H16I2/c1-13-3-5-15(6-4-13)16-7-9-17(10-8-16)18-11-19(21)14(2)20(22)12-18/h3-12H,1-2H3. The topological polar surface area (TPSA) is 0 Å². The van der Waals surface area contributed by atoms with Crippen LogP contribution >= 0.6 is 45.2 Å². The Labute approximate surface area is 159 Å². The number of hydrogen-bond donors (Lipinski definition) is 0. The van der Waals surface area contributed by atoms with E-state index in [0.29, 0.717) is 0 Å². The fourth-order valence-electron chi connectivity index (χ4n) is 2.41. The van der Waals surface area contributed by atoms with Crippen molar-refractivity contribution in [1.82, 2.24) is 0 Å². The van der Waals surface area contributed by atoms with Crippen LogP contribution in [0.15, 0.2) is 60.7 Å². The Morgan fingerprint density at radius 1 is 0.545 bits per heavy atom. The first-order chi connectivity index (χ1) is 10.5. The average Bonchev–Trinajstić information content (AvgIpc) is 2.53. The van der Waals surface area contributed by atoms with Crippen LogP contribution in [0.2, 0.25) is 0 Å². The van der Waals surface area contributed by atoms with E-state index in [4.69, 9.17) is 0 Å². The van der Waals surface area contributed by atoms with E-state index in [1.54, 1.807) is 0 Å². The molecule has 110 valence electrons. The molecule has 0 amide bonds. The largest absolute Gasteiger partial charge is 0.0587 e. The molecule has 0 saturated heterocycles. The molecule has 0 heterocycles. The SMILES string of the molecule is Cc1ccc(-c2ccc(-c3cc(I)c(C)c(I)c3)cc2)cc1.